The van der Waals surface area contributed by atoms with Crippen LogP contribution in [-0.4, -0.2) is 40.8 Å². The van der Waals surface area contributed by atoms with Gasteiger partial charge in [0, 0.05) is 4.47 Å². The molecule has 3 rings (SSSR count). The Morgan fingerprint density at radius 1 is 1.21 bits per heavy atom. The Balaban J connectivity index is 1.85. The van der Waals surface area contributed by atoms with E-state index >= 15 is 0 Å². The molecule has 2 aromatic rings. The molecule has 1 heterocycles. The lowest BCUT2D eigenvalue weighted by molar-refractivity contribution is -0.139. The van der Waals surface area contributed by atoms with Crippen LogP contribution >= 0.6 is 27.7 Å². The van der Waals surface area contributed by atoms with Gasteiger partial charge in [0.1, 0.15) is 0 Å². The Bertz CT molecular complexity index is 992. The molecule has 7 nitrogen and oxygen atoms in total. The van der Waals surface area contributed by atoms with E-state index in [1.54, 1.807) is 18.2 Å². The van der Waals surface area contributed by atoms with Gasteiger partial charge in [-0.3, -0.25) is 14.5 Å². The first kappa shape index (κ1) is 20.9. The minimum Gasteiger partial charge on any atom is -0.493 e. The molecule has 0 radical (unpaired) electrons. The van der Waals surface area contributed by atoms with Crippen molar-refractivity contribution in [3.8, 4) is 11.5 Å². The minimum atomic E-state index is -1.11. The lowest BCUT2D eigenvalue weighted by Crippen LogP contribution is -2.27. The highest BCUT2D eigenvalue weighted by Gasteiger charge is 2.35. The van der Waals surface area contributed by atoms with Gasteiger partial charge in [0.15, 0.2) is 18.1 Å². The van der Waals surface area contributed by atoms with Gasteiger partial charge in [0.05, 0.1) is 18.6 Å². The molecule has 2 amide bonds. The summed E-state index contributed by atoms with van der Waals surface area (Å²) in [6, 6.07) is 12.4. The van der Waals surface area contributed by atoms with Crippen molar-refractivity contribution in [2.24, 2.45) is 0 Å². The molecule has 0 bridgehead atoms. The van der Waals surface area contributed by atoms with Crippen LogP contribution in [-0.2, 0) is 16.1 Å². The number of hydrogen-bond acceptors (Lipinski definition) is 6. The van der Waals surface area contributed by atoms with Gasteiger partial charge in [0.25, 0.3) is 11.1 Å². The van der Waals surface area contributed by atoms with Crippen molar-refractivity contribution in [1.82, 2.24) is 4.90 Å². The van der Waals surface area contributed by atoms with E-state index in [1.165, 1.54) is 12.0 Å². The van der Waals surface area contributed by atoms with Crippen molar-refractivity contribution in [2.45, 2.75) is 6.54 Å². The summed E-state index contributed by atoms with van der Waals surface area (Å²) < 4.78 is 11.0. The molecule has 1 fully saturated rings. The lowest BCUT2D eigenvalue weighted by atomic mass is 10.1. The largest absolute Gasteiger partial charge is 0.493 e. The van der Waals surface area contributed by atoms with Crippen LogP contribution in [0.3, 0.4) is 0 Å². The molecule has 0 aliphatic carbocycles. The van der Waals surface area contributed by atoms with Crippen LogP contribution in [0.5, 0.6) is 11.5 Å². The third-order valence-corrected chi connectivity index (χ3v) is 5.57. The highest BCUT2D eigenvalue weighted by Crippen LogP contribution is 2.38. The normalized spacial score (nSPS) is 15.1. The molecule has 0 saturated carbocycles. The van der Waals surface area contributed by atoms with Gasteiger partial charge in [-0.1, -0.05) is 46.3 Å². The van der Waals surface area contributed by atoms with Crippen LogP contribution in [0.15, 0.2) is 51.8 Å². The summed E-state index contributed by atoms with van der Waals surface area (Å²) in [6.07, 6.45) is 1.59. The number of carbonyl (C=O) groups is 3. The van der Waals surface area contributed by atoms with Crippen LogP contribution in [0, 0.1) is 0 Å². The summed E-state index contributed by atoms with van der Waals surface area (Å²) in [5, 5.41) is 8.43. The Kier molecular flexibility index (Phi) is 6.60. The molecular weight excluding hydrogens is 462 g/mol. The Morgan fingerprint density at radius 3 is 2.59 bits per heavy atom. The molecule has 29 heavy (non-hydrogen) atoms. The fourth-order valence-electron chi connectivity index (χ4n) is 2.62. The van der Waals surface area contributed by atoms with Gasteiger partial charge in [-0.2, -0.15) is 0 Å². The average molecular weight is 478 g/mol. The number of benzene rings is 2. The molecule has 1 saturated heterocycles. The van der Waals surface area contributed by atoms with Crippen LogP contribution < -0.4 is 9.47 Å². The second-order valence-corrected chi connectivity index (χ2v) is 7.81. The number of carboxylic acid groups (broad SMARTS) is 1. The fourth-order valence-corrected chi connectivity index (χ4v) is 3.88. The first-order chi connectivity index (χ1) is 13.9. The number of methoxy groups -OCH3 is 1. The maximum absolute atomic E-state index is 12.7. The zero-order chi connectivity index (χ0) is 21.0. The summed E-state index contributed by atoms with van der Waals surface area (Å²) in [4.78, 5) is 37.2. The topological polar surface area (TPSA) is 93.1 Å². The van der Waals surface area contributed by atoms with E-state index in [1.807, 2.05) is 30.3 Å². The summed E-state index contributed by atoms with van der Waals surface area (Å²) in [7, 11) is 1.42. The summed E-state index contributed by atoms with van der Waals surface area (Å²) in [6.45, 7) is -0.310. The number of carboxylic acids is 1. The van der Waals surface area contributed by atoms with Crippen molar-refractivity contribution < 1.29 is 29.0 Å². The summed E-state index contributed by atoms with van der Waals surface area (Å²) in [5.74, 6) is -0.930. The molecule has 1 N–H and O–H groups in total. The summed E-state index contributed by atoms with van der Waals surface area (Å²) >= 11 is 4.25. The molecule has 9 heteroatoms. The molecule has 0 unspecified atom stereocenters. The standard InChI is InChI=1S/C20H16BrNO6S/c1-27-15-7-13(14(21)9-16(15)28-11-18(23)24)8-17-19(25)22(20(26)29-17)10-12-5-3-2-4-6-12/h2-9H,10-11H2,1H3,(H,23,24). The van der Waals surface area contributed by atoms with Gasteiger partial charge in [-0.15, -0.1) is 0 Å². The van der Waals surface area contributed by atoms with Crippen molar-refractivity contribution >= 4 is 50.9 Å². The number of carbonyl (C=O) groups excluding carboxylic acids is 2. The quantitative estimate of drug-likeness (QED) is 0.598. The number of rotatable bonds is 7. The van der Waals surface area contributed by atoms with Crippen molar-refractivity contribution in [3.05, 3.63) is 63.0 Å². The third-order valence-electron chi connectivity index (χ3n) is 3.98. The molecule has 1 aliphatic rings. The number of ether oxygens (including phenoxy) is 2. The fraction of sp³-hybridized carbons (Fsp3) is 0.150. The van der Waals surface area contributed by atoms with E-state index in [0.717, 1.165) is 17.3 Å². The van der Waals surface area contributed by atoms with Gasteiger partial charge in [0.2, 0.25) is 0 Å². The van der Waals surface area contributed by atoms with E-state index in [4.69, 9.17) is 14.6 Å². The molecule has 0 spiro atoms. The van der Waals surface area contributed by atoms with Gasteiger partial charge in [-0.05, 0) is 41.1 Å². The zero-order valence-electron chi connectivity index (χ0n) is 15.3. The second-order valence-electron chi connectivity index (χ2n) is 5.96. The van der Waals surface area contributed by atoms with Crippen molar-refractivity contribution in [3.63, 3.8) is 0 Å². The molecule has 0 aromatic heterocycles. The maximum Gasteiger partial charge on any atom is 0.341 e. The molecule has 1 aliphatic heterocycles. The summed E-state index contributed by atoms with van der Waals surface area (Å²) in [5.41, 5.74) is 1.45. The first-order valence-corrected chi connectivity index (χ1v) is 10.0. The first-order valence-electron chi connectivity index (χ1n) is 8.40. The zero-order valence-corrected chi connectivity index (χ0v) is 17.7. The van der Waals surface area contributed by atoms with E-state index in [9.17, 15) is 14.4 Å². The number of thioether (sulfide) groups is 1. The molecule has 150 valence electrons. The molecule has 0 atom stereocenters. The van der Waals surface area contributed by atoms with Crippen LogP contribution in [0.1, 0.15) is 11.1 Å². The highest BCUT2D eigenvalue weighted by atomic mass is 79.9. The minimum absolute atomic E-state index is 0.204. The van der Waals surface area contributed by atoms with Crippen LogP contribution in [0.4, 0.5) is 4.79 Å². The highest BCUT2D eigenvalue weighted by molar-refractivity contribution is 9.10. The predicted molar refractivity (Wildman–Crippen MR) is 112 cm³/mol. The molecular formula is C20H16BrNO6S. The Morgan fingerprint density at radius 2 is 1.93 bits per heavy atom. The van der Waals surface area contributed by atoms with Gasteiger partial charge in [-0.25, -0.2) is 4.79 Å². The van der Waals surface area contributed by atoms with E-state index < -0.39 is 12.6 Å². The van der Waals surface area contributed by atoms with E-state index in [2.05, 4.69) is 15.9 Å². The van der Waals surface area contributed by atoms with Gasteiger partial charge >= 0.3 is 5.97 Å². The van der Waals surface area contributed by atoms with Crippen LogP contribution in [0.25, 0.3) is 6.08 Å². The van der Waals surface area contributed by atoms with Crippen molar-refractivity contribution in [1.29, 1.82) is 0 Å². The number of aliphatic carboxylic acids is 1. The Hall–Kier alpha value is -2.78. The monoisotopic (exact) mass is 477 g/mol. The van der Waals surface area contributed by atoms with Crippen molar-refractivity contribution in [2.75, 3.05) is 13.7 Å². The average Bonchev–Trinajstić information content (AvgIpc) is 2.96. The van der Waals surface area contributed by atoms with E-state index in [0.29, 0.717) is 15.8 Å². The number of amides is 2. The maximum atomic E-state index is 12.7. The SMILES string of the molecule is COc1cc(C=C2SC(=O)N(Cc3ccccc3)C2=O)c(Br)cc1OCC(=O)O. The van der Waals surface area contributed by atoms with Crippen LogP contribution in [0.2, 0.25) is 0 Å². The predicted octanol–water partition coefficient (Wildman–Crippen LogP) is 4.16. The molecule has 2 aromatic carbocycles. The van der Waals surface area contributed by atoms with E-state index in [-0.39, 0.29) is 28.3 Å². The number of imide groups is 1. The smallest absolute Gasteiger partial charge is 0.341 e. The third kappa shape index (κ3) is 4.99. The second kappa shape index (κ2) is 9.15. The Labute approximate surface area is 179 Å². The van der Waals surface area contributed by atoms with Gasteiger partial charge < -0.3 is 14.6 Å². The number of nitrogens with zero attached hydrogens (tertiary/aromatic N) is 1. The lowest BCUT2D eigenvalue weighted by Gasteiger charge is -2.12. The number of hydrogen-bond donors (Lipinski definition) is 1. The number of halogens is 1.